The lowest BCUT2D eigenvalue weighted by molar-refractivity contribution is 0.774. The second kappa shape index (κ2) is 6.80. The largest absolute Gasteiger partial charge is 0.330 e. The van der Waals surface area contributed by atoms with Gasteiger partial charge in [-0.15, -0.1) is 0 Å². The molecule has 0 bridgehead atoms. The first-order valence-corrected chi connectivity index (χ1v) is 8.15. The molecule has 0 saturated carbocycles. The van der Waals surface area contributed by atoms with Gasteiger partial charge in [-0.3, -0.25) is 0 Å². The van der Waals surface area contributed by atoms with Gasteiger partial charge in [-0.2, -0.15) is 0 Å². The molecule has 0 radical (unpaired) electrons. The second-order valence-corrected chi connectivity index (χ2v) is 6.21. The highest BCUT2D eigenvalue weighted by Crippen LogP contribution is 2.28. The molecule has 1 atom stereocenters. The third kappa shape index (κ3) is 3.52. The highest BCUT2D eigenvalue weighted by molar-refractivity contribution is 5.73. The smallest absolute Gasteiger partial charge is 0.00109 e. The fourth-order valence-corrected chi connectivity index (χ4v) is 2.79. The van der Waals surface area contributed by atoms with Crippen molar-refractivity contribution in [3.05, 3.63) is 83.9 Å². The van der Waals surface area contributed by atoms with E-state index in [-0.39, 0.29) is 0 Å². The van der Waals surface area contributed by atoms with Gasteiger partial charge in [0.2, 0.25) is 0 Å². The van der Waals surface area contributed by atoms with E-state index in [1.807, 2.05) is 0 Å². The van der Waals surface area contributed by atoms with Crippen molar-refractivity contribution in [2.75, 3.05) is 6.54 Å². The first-order valence-electron chi connectivity index (χ1n) is 8.15. The maximum atomic E-state index is 5.81. The number of benzene rings is 3. The lowest BCUT2D eigenvalue weighted by Gasteiger charge is -2.12. The second-order valence-electron chi connectivity index (χ2n) is 6.21. The molecule has 0 spiro atoms. The van der Waals surface area contributed by atoms with Crippen molar-refractivity contribution in [2.45, 2.75) is 19.8 Å². The predicted octanol–water partition coefficient (Wildman–Crippen LogP) is 5.39. The molecule has 0 fully saturated rings. The van der Waals surface area contributed by atoms with Crippen LogP contribution in [0.5, 0.6) is 0 Å². The maximum Gasteiger partial charge on any atom is -0.00109 e. The number of hydrogen-bond donors (Lipinski definition) is 1. The van der Waals surface area contributed by atoms with Gasteiger partial charge in [-0.1, -0.05) is 79.2 Å². The summed E-state index contributed by atoms with van der Waals surface area (Å²) in [7, 11) is 0. The van der Waals surface area contributed by atoms with Gasteiger partial charge in [0.05, 0.1) is 0 Å². The van der Waals surface area contributed by atoms with E-state index < -0.39 is 0 Å². The fourth-order valence-electron chi connectivity index (χ4n) is 2.79. The molecule has 0 amide bonds. The van der Waals surface area contributed by atoms with E-state index in [0.29, 0.717) is 12.5 Å². The molecule has 1 unspecified atom stereocenters. The molecule has 3 aromatic carbocycles. The van der Waals surface area contributed by atoms with E-state index in [4.69, 9.17) is 5.73 Å². The van der Waals surface area contributed by atoms with E-state index in [1.165, 1.54) is 33.4 Å². The van der Waals surface area contributed by atoms with Crippen LogP contribution in [-0.4, -0.2) is 6.54 Å². The molecular weight excluding hydrogens is 278 g/mol. The molecule has 3 aromatic rings. The molecule has 116 valence electrons. The van der Waals surface area contributed by atoms with Crippen LogP contribution in [0.2, 0.25) is 0 Å². The monoisotopic (exact) mass is 301 g/mol. The van der Waals surface area contributed by atoms with Crippen molar-refractivity contribution < 1.29 is 0 Å². The Bertz CT molecular complexity index is 787. The van der Waals surface area contributed by atoms with Crippen molar-refractivity contribution in [1.82, 2.24) is 0 Å². The quantitative estimate of drug-likeness (QED) is 0.687. The lowest BCUT2D eigenvalue weighted by Crippen LogP contribution is -2.08. The Morgan fingerprint density at radius 2 is 1.30 bits per heavy atom. The lowest BCUT2D eigenvalue weighted by atomic mass is 9.94. The van der Waals surface area contributed by atoms with E-state index in [2.05, 4.69) is 86.6 Å². The van der Waals surface area contributed by atoms with Gasteiger partial charge in [0.15, 0.2) is 0 Å². The molecule has 0 aliphatic heterocycles. The van der Waals surface area contributed by atoms with Crippen LogP contribution in [0.1, 0.15) is 24.0 Å². The van der Waals surface area contributed by atoms with Crippen molar-refractivity contribution in [3.63, 3.8) is 0 Å². The third-order valence-electron chi connectivity index (χ3n) is 4.39. The van der Waals surface area contributed by atoms with Crippen LogP contribution in [0.25, 0.3) is 22.3 Å². The van der Waals surface area contributed by atoms with Crippen LogP contribution in [0.3, 0.4) is 0 Å². The molecule has 2 N–H and O–H groups in total. The summed E-state index contributed by atoms with van der Waals surface area (Å²) in [5.41, 5.74) is 13.4. The molecule has 0 aliphatic carbocycles. The van der Waals surface area contributed by atoms with Gasteiger partial charge in [0, 0.05) is 0 Å². The van der Waals surface area contributed by atoms with E-state index in [0.717, 1.165) is 0 Å². The summed E-state index contributed by atoms with van der Waals surface area (Å²) in [6, 6.07) is 26.1. The van der Waals surface area contributed by atoms with Crippen LogP contribution in [0.4, 0.5) is 0 Å². The van der Waals surface area contributed by atoms with E-state index in [9.17, 15) is 0 Å². The highest BCUT2D eigenvalue weighted by atomic mass is 14.5. The van der Waals surface area contributed by atoms with Crippen molar-refractivity contribution in [1.29, 1.82) is 0 Å². The highest BCUT2D eigenvalue weighted by Gasteiger charge is 2.06. The topological polar surface area (TPSA) is 26.0 Å². The number of nitrogens with two attached hydrogens (primary N) is 1. The molecule has 0 aromatic heterocycles. The van der Waals surface area contributed by atoms with Crippen LogP contribution in [0.15, 0.2) is 72.8 Å². The molecule has 0 aliphatic rings. The van der Waals surface area contributed by atoms with Gasteiger partial charge in [0.1, 0.15) is 0 Å². The number of hydrogen-bond acceptors (Lipinski definition) is 1. The Balaban J connectivity index is 1.98. The summed E-state index contributed by atoms with van der Waals surface area (Å²) in [5.74, 6) is 0.384. The molecule has 3 rings (SSSR count). The fraction of sp³-hybridized carbons (Fsp3) is 0.182. The predicted molar refractivity (Wildman–Crippen MR) is 99.5 cm³/mol. The zero-order valence-corrected chi connectivity index (χ0v) is 13.8. The third-order valence-corrected chi connectivity index (χ3v) is 4.39. The maximum absolute atomic E-state index is 5.81. The van der Waals surface area contributed by atoms with Crippen molar-refractivity contribution in [2.24, 2.45) is 5.73 Å². The van der Waals surface area contributed by atoms with E-state index in [1.54, 1.807) is 0 Å². The first-order chi connectivity index (χ1) is 11.2. The zero-order chi connectivity index (χ0) is 16.2. The first kappa shape index (κ1) is 15.5. The van der Waals surface area contributed by atoms with Crippen LogP contribution in [-0.2, 0) is 0 Å². The Kier molecular flexibility index (Phi) is 4.59. The van der Waals surface area contributed by atoms with Gasteiger partial charge in [-0.25, -0.2) is 0 Å². The normalized spacial score (nSPS) is 12.1. The minimum Gasteiger partial charge on any atom is -0.330 e. The average molecular weight is 301 g/mol. The summed E-state index contributed by atoms with van der Waals surface area (Å²) in [6.07, 6.45) is 0. The summed E-state index contributed by atoms with van der Waals surface area (Å²) in [4.78, 5) is 0. The Hall–Kier alpha value is -2.38. The Morgan fingerprint density at radius 1 is 0.739 bits per heavy atom. The SMILES string of the molecule is Cc1ccc(-c2cccc(-c3cccc(C(C)CN)c3)c2)cc1. The summed E-state index contributed by atoms with van der Waals surface area (Å²) >= 11 is 0. The van der Waals surface area contributed by atoms with Crippen molar-refractivity contribution in [3.8, 4) is 22.3 Å². The average Bonchev–Trinajstić information content (AvgIpc) is 2.62. The van der Waals surface area contributed by atoms with E-state index >= 15 is 0 Å². The molecule has 23 heavy (non-hydrogen) atoms. The van der Waals surface area contributed by atoms with Gasteiger partial charge in [-0.05, 0) is 53.3 Å². The van der Waals surface area contributed by atoms with Gasteiger partial charge in [0.25, 0.3) is 0 Å². The summed E-state index contributed by atoms with van der Waals surface area (Å²) in [5, 5.41) is 0. The van der Waals surface area contributed by atoms with Crippen LogP contribution >= 0.6 is 0 Å². The number of rotatable bonds is 4. The zero-order valence-electron chi connectivity index (χ0n) is 13.8. The Labute approximate surface area is 138 Å². The summed E-state index contributed by atoms with van der Waals surface area (Å²) < 4.78 is 0. The van der Waals surface area contributed by atoms with Gasteiger partial charge < -0.3 is 5.73 Å². The molecule has 0 heterocycles. The van der Waals surface area contributed by atoms with Gasteiger partial charge >= 0.3 is 0 Å². The minimum absolute atomic E-state index is 0.384. The minimum atomic E-state index is 0.384. The van der Waals surface area contributed by atoms with Crippen molar-refractivity contribution >= 4 is 0 Å². The molecule has 1 nitrogen and oxygen atoms in total. The molecule has 0 saturated heterocycles. The number of aryl methyl sites for hydroxylation is 1. The Morgan fingerprint density at radius 3 is 1.96 bits per heavy atom. The molecule has 1 heteroatoms. The standard InChI is InChI=1S/C22H23N/c1-16-9-11-18(12-10-16)20-6-4-8-22(14-20)21-7-3-5-19(13-21)17(2)15-23/h3-14,17H,15,23H2,1-2H3. The molecular formula is C22H23N. The summed E-state index contributed by atoms with van der Waals surface area (Å²) in [6.45, 7) is 4.96. The van der Waals surface area contributed by atoms with Crippen LogP contribution < -0.4 is 5.73 Å². The van der Waals surface area contributed by atoms with Crippen LogP contribution in [0, 0.1) is 6.92 Å².